The minimum atomic E-state index is -2.85. The van der Waals surface area contributed by atoms with Gasteiger partial charge in [-0.2, -0.15) is 8.78 Å². The van der Waals surface area contributed by atoms with Crippen molar-refractivity contribution in [1.82, 2.24) is 10.6 Å². The van der Waals surface area contributed by atoms with Crippen LogP contribution >= 0.6 is 0 Å². The van der Waals surface area contributed by atoms with E-state index >= 15 is 0 Å². The third kappa shape index (κ3) is 5.83. The molecular formula is C17H18F3N3O. The highest BCUT2D eigenvalue weighted by Gasteiger charge is 2.05. The smallest absolute Gasteiger partial charge is 0.387 e. The van der Waals surface area contributed by atoms with Crippen LogP contribution < -0.4 is 15.4 Å². The number of alkyl halides is 2. The van der Waals surface area contributed by atoms with Crippen LogP contribution in [0.4, 0.5) is 13.2 Å². The van der Waals surface area contributed by atoms with Gasteiger partial charge in [0, 0.05) is 20.1 Å². The van der Waals surface area contributed by atoms with Crippen LogP contribution in [0.25, 0.3) is 0 Å². The van der Waals surface area contributed by atoms with Gasteiger partial charge in [-0.05, 0) is 35.4 Å². The van der Waals surface area contributed by atoms with E-state index in [0.29, 0.717) is 19.0 Å². The van der Waals surface area contributed by atoms with Crippen molar-refractivity contribution in [2.75, 3.05) is 7.05 Å². The molecule has 0 aliphatic rings. The second-order valence-corrected chi connectivity index (χ2v) is 4.93. The highest BCUT2D eigenvalue weighted by atomic mass is 19.3. The van der Waals surface area contributed by atoms with Crippen molar-refractivity contribution in [3.05, 3.63) is 65.5 Å². The van der Waals surface area contributed by atoms with Gasteiger partial charge in [-0.15, -0.1) is 0 Å². The second-order valence-electron chi connectivity index (χ2n) is 4.93. The number of halogens is 3. The number of ether oxygens (including phenoxy) is 1. The molecule has 2 aromatic rings. The average Bonchev–Trinajstić information content (AvgIpc) is 2.56. The molecule has 0 fully saturated rings. The molecule has 0 spiro atoms. The normalized spacial score (nSPS) is 11.5. The zero-order valence-corrected chi connectivity index (χ0v) is 13.1. The van der Waals surface area contributed by atoms with E-state index in [1.807, 2.05) is 0 Å². The monoisotopic (exact) mass is 337 g/mol. The minimum Gasteiger partial charge on any atom is -0.435 e. The summed E-state index contributed by atoms with van der Waals surface area (Å²) in [5.41, 5.74) is 1.68. The molecule has 0 aromatic heterocycles. The van der Waals surface area contributed by atoms with Gasteiger partial charge in [0.2, 0.25) is 0 Å². The fourth-order valence-electron chi connectivity index (χ4n) is 2.03. The number of aliphatic imine (C=N–C) groups is 1. The first-order valence-corrected chi connectivity index (χ1v) is 7.29. The van der Waals surface area contributed by atoms with Crippen molar-refractivity contribution < 1.29 is 17.9 Å². The molecule has 0 aliphatic heterocycles. The maximum absolute atomic E-state index is 12.9. The zero-order chi connectivity index (χ0) is 17.4. The molecule has 2 aromatic carbocycles. The Balaban J connectivity index is 1.86. The van der Waals surface area contributed by atoms with Crippen molar-refractivity contribution in [3.8, 4) is 5.75 Å². The van der Waals surface area contributed by atoms with E-state index < -0.39 is 6.61 Å². The maximum atomic E-state index is 12.9. The van der Waals surface area contributed by atoms with Crippen molar-refractivity contribution in [2.45, 2.75) is 19.7 Å². The minimum absolute atomic E-state index is 0.110. The number of rotatable bonds is 6. The first kappa shape index (κ1) is 17.7. The lowest BCUT2D eigenvalue weighted by Gasteiger charge is -2.13. The lowest BCUT2D eigenvalue weighted by molar-refractivity contribution is -0.0498. The number of guanidine groups is 1. The molecule has 0 amide bonds. The summed E-state index contributed by atoms with van der Waals surface area (Å²) in [6, 6.07) is 12.6. The molecule has 128 valence electrons. The molecule has 2 N–H and O–H groups in total. The van der Waals surface area contributed by atoms with Crippen molar-refractivity contribution in [1.29, 1.82) is 0 Å². The number of hydrogen-bond acceptors (Lipinski definition) is 2. The van der Waals surface area contributed by atoms with E-state index in [4.69, 9.17) is 0 Å². The standard InChI is InChI=1S/C17H18F3N3O/c1-21-17(22-10-12-5-7-14(18)8-6-12)23-11-13-3-2-4-15(9-13)24-16(19)20/h2-9,16H,10-11H2,1H3,(H2,21,22,23). The predicted molar refractivity (Wildman–Crippen MR) is 86.5 cm³/mol. The van der Waals surface area contributed by atoms with Crippen molar-refractivity contribution in [2.24, 2.45) is 4.99 Å². The Hall–Kier alpha value is -2.70. The molecule has 0 aliphatic carbocycles. The van der Waals surface area contributed by atoms with E-state index in [1.165, 1.54) is 24.3 Å². The van der Waals surface area contributed by atoms with Gasteiger partial charge in [0.25, 0.3) is 0 Å². The van der Waals surface area contributed by atoms with Gasteiger partial charge in [-0.25, -0.2) is 4.39 Å². The molecule has 24 heavy (non-hydrogen) atoms. The maximum Gasteiger partial charge on any atom is 0.387 e. The summed E-state index contributed by atoms with van der Waals surface area (Å²) in [7, 11) is 1.62. The molecule has 0 heterocycles. The van der Waals surface area contributed by atoms with Crippen molar-refractivity contribution >= 4 is 5.96 Å². The molecule has 4 nitrogen and oxygen atoms in total. The summed E-state index contributed by atoms with van der Waals surface area (Å²) >= 11 is 0. The van der Waals surface area contributed by atoms with Gasteiger partial charge in [0.1, 0.15) is 11.6 Å². The summed E-state index contributed by atoms with van der Waals surface area (Å²) in [6.07, 6.45) is 0. The van der Waals surface area contributed by atoms with Gasteiger partial charge < -0.3 is 15.4 Å². The third-order valence-electron chi connectivity index (χ3n) is 3.18. The van der Waals surface area contributed by atoms with E-state index in [1.54, 1.807) is 31.3 Å². The molecule has 0 saturated heterocycles. The summed E-state index contributed by atoms with van der Waals surface area (Å²) in [6.45, 7) is -1.98. The molecule has 0 saturated carbocycles. The van der Waals surface area contributed by atoms with E-state index in [0.717, 1.165) is 11.1 Å². The molecule has 0 unspecified atom stereocenters. The van der Waals surface area contributed by atoms with Crippen LogP contribution in [-0.2, 0) is 13.1 Å². The van der Waals surface area contributed by atoms with Gasteiger partial charge in [-0.1, -0.05) is 24.3 Å². The number of nitrogens with zero attached hydrogens (tertiary/aromatic N) is 1. The molecule has 0 atom stereocenters. The number of hydrogen-bond donors (Lipinski definition) is 2. The summed E-state index contributed by atoms with van der Waals surface area (Å²) in [4.78, 5) is 4.08. The fourth-order valence-corrected chi connectivity index (χ4v) is 2.03. The van der Waals surface area contributed by atoms with E-state index in [-0.39, 0.29) is 11.6 Å². The van der Waals surface area contributed by atoms with E-state index in [9.17, 15) is 13.2 Å². The van der Waals surface area contributed by atoms with Crippen LogP contribution in [0.2, 0.25) is 0 Å². The largest absolute Gasteiger partial charge is 0.435 e. The van der Waals surface area contributed by atoms with Crippen molar-refractivity contribution in [3.63, 3.8) is 0 Å². The number of benzene rings is 2. The van der Waals surface area contributed by atoms with Crippen LogP contribution in [0, 0.1) is 5.82 Å². The van der Waals surface area contributed by atoms with Crippen LogP contribution in [-0.4, -0.2) is 19.6 Å². The topological polar surface area (TPSA) is 45.7 Å². The summed E-state index contributed by atoms with van der Waals surface area (Å²) < 4.78 is 41.7. The lowest BCUT2D eigenvalue weighted by Crippen LogP contribution is -2.36. The van der Waals surface area contributed by atoms with Crippen LogP contribution in [0.1, 0.15) is 11.1 Å². The Bertz CT molecular complexity index is 675. The first-order chi connectivity index (χ1) is 11.6. The fraction of sp³-hybridized carbons (Fsp3) is 0.235. The molecule has 0 radical (unpaired) electrons. The van der Waals surface area contributed by atoms with Crippen LogP contribution in [0.5, 0.6) is 5.75 Å². The first-order valence-electron chi connectivity index (χ1n) is 7.29. The van der Waals surface area contributed by atoms with E-state index in [2.05, 4.69) is 20.4 Å². The lowest BCUT2D eigenvalue weighted by atomic mass is 10.2. The SMILES string of the molecule is CN=C(NCc1ccc(F)cc1)NCc1cccc(OC(F)F)c1. The predicted octanol–water partition coefficient (Wildman–Crippen LogP) is 3.29. The second kappa shape index (κ2) is 8.81. The molecular weight excluding hydrogens is 319 g/mol. The highest BCUT2D eigenvalue weighted by Crippen LogP contribution is 2.15. The Morgan fingerprint density at radius 2 is 1.71 bits per heavy atom. The highest BCUT2D eigenvalue weighted by molar-refractivity contribution is 5.79. The van der Waals surface area contributed by atoms with Gasteiger partial charge in [0.15, 0.2) is 5.96 Å². The third-order valence-corrected chi connectivity index (χ3v) is 3.18. The Labute approximate surface area is 138 Å². The van der Waals surface area contributed by atoms with Gasteiger partial charge >= 0.3 is 6.61 Å². The van der Waals surface area contributed by atoms with Crippen LogP contribution in [0.3, 0.4) is 0 Å². The average molecular weight is 337 g/mol. The zero-order valence-electron chi connectivity index (χ0n) is 13.1. The summed E-state index contributed by atoms with van der Waals surface area (Å²) in [5, 5.41) is 6.16. The molecule has 2 rings (SSSR count). The van der Waals surface area contributed by atoms with Gasteiger partial charge in [-0.3, -0.25) is 4.99 Å². The van der Waals surface area contributed by atoms with Gasteiger partial charge in [0.05, 0.1) is 0 Å². The van der Waals surface area contributed by atoms with Crippen LogP contribution in [0.15, 0.2) is 53.5 Å². The Kier molecular flexibility index (Phi) is 6.48. The Morgan fingerprint density at radius 1 is 1.04 bits per heavy atom. The quantitative estimate of drug-likeness (QED) is 0.628. The summed E-state index contributed by atoms with van der Waals surface area (Å²) in [5.74, 6) is 0.366. The molecule has 7 heteroatoms. The Morgan fingerprint density at radius 3 is 2.33 bits per heavy atom. The molecule has 0 bridgehead atoms. The number of nitrogens with one attached hydrogen (secondary N) is 2.